The van der Waals surface area contributed by atoms with Crippen LogP contribution in [-0.2, 0) is 4.79 Å². The van der Waals surface area contributed by atoms with Crippen molar-refractivity contribution in [2.45, 2.75) is 33.7 Å². The van der Waals surface area contributed by atoms with E-state index in [1.165, 1.54) is 5.56 Å². The van der Waals surface area contributed by atoms with Gasteiger partial charge in [-0.15, -0.1) is 0 Å². The Bertz CT molecular complexity index is 461. The van der Waals surface area contributed by atoms with Crippen molar-refractivity contribution < 1.29 is 4.79 Å². The number of nitrogens with two attached hydrogens (primary N) is 1. The van der Waals surface area contributed by atoms with E-state index in [9.17, 15) is 4.79 Å². The third-order valence-corrected chi connectivity index (χ3v) is 3.17. The van der Waals surface area contributed by atoms with E-state index >= 15 is 0 Å². The Hall–Kier alpha value is -1.55. The summed E-state index contributed by atoms with van der Waals surface area (Å²) in [5.41, 5.74) is 8.73. The van der Waals surface area contributed by atoms with Crippen LogP contribution in [0.2, 0.25) is 0 Å². The third kappa shape index (κ3) is 3.96. The van der Waals surface area contributed by atoms with Gasteiger partial charge in [0.15, 0.2) is 0 Å². The molecule has 0 unspecified atom stereocenters. The number of carbonyl (C=O) groups excluding carboxylic acids is 1. The number of nitrogens with zero attached hydrogens (tertiary/aromatic N) is 1. The van der Waals surface area contributed by atoms with Crippen LogP contribution in [0.1, 0.15) is 26.3 Å². The van der Waals surface area contributed by atoms with Crippen LogP contribution >= 0.6 is 0 Å². The highest BCUT2D eigenvalue weighted by atomic mass is 16.2. The molecule has 0 aliphatic heterocycles. The second kappa shape index (κ2) is 5.61. The molecule has 4 heteroatoms. The molecule has 0 saturated carbocycles. The van der Waals surface area contributed by atoms with Gasteiger partial charge in [0.25, 0.3) is 0 Å². The number of amides is 1. The van der Waals surface area contributed by atoms with E-state index in [-0.39, 0.29) is 11.3 Å². The fourth-order valence-corrected chi connectivity index (χ4v) is 1.78. The van der Waals surface area contributed by atoms with Crippen LogP contribution in [0.5, 0.6) is 0 Å². The van der Waals surface area contributed by atoms with Gasteiger partial charge in [-0.05, 0) is 30.0 Å². The molecular weight excluding hydrogens is 238 g/mol. The van der Waals surface area contributed by atoms with Crippen molar-refractivity contribution in [3.05, 3.63) is 23.8 Å². The van der Waals surface area contributed by atoms with Crippen molar-refractivity contribution in [1.29, 1.82) is 0 Å². The summed E-state index contributed by atoms with van der Waals surface area (Å²) in [5, 5.41) is 2.88. The van der Waals surface area contributed by atoms with E-state index in [4.69, 9.17) is 5.73 Å². The zero-order valence-corrected chi connectivity index (χ0v) is 12.7. The molecular formula is C15H25N3O. The van der Waals surface area contributed by atoms with Crippen molar-refractivity contribution in [2.75, 3.05) is 24.3 Å². The Morgan fingerprint density at radius 2 is 1.89 bits per heavy atom. The number of nitrogens with one attached hydrogen (secondary N) is 1. The Kier molecular flexibility index (Phi) is 4.58. The molecule has 0 radical (unpaired) electrons. The molecule has 1 rings (SSSR count). The summed E-state index contributed by atoms with van der Waals surface area (Å²) < 4.78 is 0. The van der Waals surface area contributed by atoms with Crippen molar-refractivity contribution in [3.8, 4) is 0 Å². The number of hydrogen-bond acceptors (Lipinski definition) is 3. The summed E-state index contributed by atoms with van der Waals surface area (Å²) in [6.45, 7) is 7.91. The van der Waals surface area contributed by atoms with Crippen molar-refractivity contribution in [1.82, 2.24) is 0 Å². The van der Waals surface area contributed by atoms with E-state index in [0.717, 1.165) is 11.4 Å². The maximum absolute atomic E-state index is 12.1. The standard InChI is InChI=1S/C15H25N3O/c1-10-7-8-11(9-12(10)18(5)6)17-14(19)13(16)15(2,3)4/h7-9,13H,16H2,1-6H3,(H,17,19)/t13-/m1/s1. The van der Waals surface area contributed by atoms with E-state index in [0.29, 0.717) is 0 Å². The fraction of sp³-hybridized carbons (Fsp3) is 0.533. The molecule has 1 aromatic rings. The van der Waals surface area contributed by atoms with Crippen molar-refractivity contribution in [3.63, 3.8) is 0 Å². The molecule has 0 bridgehead atoms. The van der Waals surface area contributed by atoms with Crippen LogP contribution in [0.4, 0.5) is 11.4 Å². The average Bonchev–Trinajstić information content (AvgIpc) is 2.29. The zero-order chi connectivity index (χ0) is 14.8. The van der Waals surface area contributed by atoms with E-state index in [1.807, 2.05) is 64.9 Å². The molecule has 1 aromatic carbocycles. The molecule has 0 fully saturated rings. The second-order valence-corrected chi connectivity index (χ2v) is 6.23. The van der Waals surface area contributed by atoms with Gasteiger partial charge in [-0.2, -0.15) is 0 Å². The first-order chi connectivity index (χ1) is 8.62. The molecule has 4 nitrogen and oxygen atoms in total. The average molecular weight is 263 g/mol. The second-order valence-electron chi connectivity index (χ2n) is 6.23. The lowest BCUT2D eigenvalue weighted by Crippen LogP contribution is -2.45. The largest absolute Gasteiger partial charge is 0.377 e. The maximum atomic E-state index is 12.1. The SMILES string of the molecule is Cc1ccc(NC(=O)[C@@H](N)C(C)(C)C)cc1N(C)C. The molecule has 0 spiro atoms. The van der Waals surface area contributed by atoms with E-state index < -0.39 is 6.04 Å². The molecule has 19 heavy (non-hydrogen) atoms. The van der Waals surface area contributed by atoms with Crippen molar-refractivity contribution >= 4 is 17.3 Å². The predicted molar refractivity (Wildman–Crippen MR) is 81.6 cm³/mol. The summed E-state index contributed by atoms with van der Waals surface area (Å²) in [7, 11) is 3.96. The number of benzene rings is 1. The quantitative estimate of drug-likeness (QED) is 0.880. The molecule has 0 heterocycles. The number of rotatable bonds is 3. The molecule has 1 atom stereocenters. The van der Waals surface area contributed by atoms with Gasteiger partial charge >= 0.3 is 0 Å². The van der Waals surface area contributed by atoms with Crippen LogP contribution in [0, 0.1) is 12.3 Å². The topological polar surface area (TPSA) is 58.4 Å². The molecule has 3 N–H and O–H groups in total. The number of carbonyl (C=O) groups is 1. The third-order valence-electron chi connectivity index (χ3n) is 3.17. The summed E-state index contributed by atoms with van der Waals surface area (Å²) in [6.07, 6.45) is 0. The van der Waals surface area contributed by atoms with Gasteiger partial charge in [0, 0.05) is 25.5 Å². The summed E-state index contributed by atoms with van der Waals surface area (Å²) in [5.74, 6) is -0.152. The molecule has 0 aromatic heterocycles. The van der Waals surface area contributed by atoms with E-state index in [1.54, 1.807) is 0 Å². The smallest absolute Gasteiger partial charge is 0.241 e. The minimum absolute atomic E-state index is 0.152. The monoisotopic (exact) mass is 263 g/mol. The molecule has 0 aliphatic rings. The van der Waals surface area contributed by atoms with Crippen LogP contribution in [0.3, 0.4) is 0 Å². The predicted octanol–water partition coefficient (Wildman–Crippen LogP) is 2.37. The van der Waals surface area contributed by atoms with E-state index in [2.05, 4.69) is 5.32 Å². The van der Waals surface area contributed by atoms with Crippen LogP contribution in [0.25, 0.3) is 0 Å². The zero-order valence-electron chi connectivity index (χ0n) is 12.7. The van der Waals surface area contributed by atoms with Gasteiger partial charge in [-0.1, -0.05) is 26.8 Å². The van der Waals surface area contributed by atoms with Gasteiger partial charge in [0.2, 0.25) is 5.91 Å². The first kappa shape index (κ1) is 15.5. The minimum atomic E-state index is -0.531. The lowest BCUT2D eigenvalue weighted by Gasteiger charge is -2.26. The molecule has 1 amide bonds. The number of aryl methyl sites for hydroxylation is 1. The van der Waals surface area contributed by atoms with Crippen LogP contribution in [0.15, 0.2) is 18.2 Å². The first-order valence-electron chi connectivity index (χ1n) is 6.47. The highest BCUT2D eigenvalue weighted by Gasteiger charge is 2.27. The van der Waals surface area contributed by atoms with Gasteiger partial charge in [0.05, 0.1) is 6.04 Å². The molecule has 0 aliphatic carbocycles. The van der Waals surface area contributed by atoms with Crippen molar-refractivity contribution in [2.24, 2.45) is 11.1 Å². The molecule has 0 saturated heterocycles. The first-order valence-corrected chi connectivity index (χ1v) is 6.47. The minimum Gasteiger partial charge on any atom is -0.377 e. The highest BCUT2D eigenvalue weighted by molar-refractivity contribution is 5.95. The van der Waals surface area contributed by atoms with Crippen LogP contribution < -0.4 is 16.0 Å². The van der Waals surface area contributed by atoms with Gasteiger partial charge in [0.1, 0.15) is 0 Å². The maximum Gasteiger partial charge on any atom is 0.241 e. The van der Waals surface area contributed by atoms with Gasteiger partial charge < -0.3 is 16.0 Å². The Balaban J connectivity index is 2.89. The lowest BCUT2D eigenvalue weighted by atomic mass is 9.87. The normalized spacial score (nSPS) is 13.0. The van der Waals surface area contributed by atoms with Gasteiger partial charge in [-0.3, -0.25) is 4.79 Å². The Labute approximate surface area is 116 Å². The summed E-state index contributed by atoms with van der Waals surface area (Å²) in [6, 6.07) is 5.32. The molecule has 106 valence electrons. The highest BCUT2D eigenvalue weighted by Crippen LogP contribution is 2.24. The Morgan fingerprint density at radius 1 is 1.32 bits per heavy atom. The lowest BCUT2D eigenvalue weighted by molar-refractivity contribution is -0.119. The fourth-order valence-electron chi connectivity index (χ4n) is 1.78. The van der Waals surface area contributed by atoms with Gasteiger partial charge in [-0.25, -0.2) is 0 Å². The Morgan fingerprint density at radius 3 is 2.37 bits per heavy atom. The summed E-state index contributed by atoms with van der Waals surface area (Å²) in [4.78, 5) is 14.1. The number of hydrogen-bond donors (Lipinski definition) is 2. The summed E-state index contributed by atoms with van der Waals surface area (Å²) >= 11 is 0. The van der Waals surface area contributed by atoms with Crippen LogP contribution in [-0.4, -0.2) is 26.0 Å². The number of anilines is 2.